The summed E-state index contributed by atoms with van der Waals surface area (Å²) >= 11 is 0. The molecule has 12 heteroatoms. The Morgan fingerprint density at radius 3 is 2.65 bits per heavy atom. The molecule has 0 aliphatic carbocycles. The number of hydrogen-bond acceptors (Lipinski definition) is 7. The highest BCUT2D eigenvalue weighted by Gasteiger charge is 2.35. The molecule has 2 aromatic carbocycles. The summed E-state index contributed by atoms with van der Waals surface area (Å²) in [6, 6.07) is 11.9. The van der Waals surface area contributed by atoms with Gasteiger partial charge in [-0.1, -0.05) is 17.2 Å². The molecule has 1 aromatic heterocycles. The molecule has 178 valence electrons. The monoisotopic (exact) mass is 476 g/mol. The number of methoxy groups -OCH3 is 1. The van der Waals surface area contributed by atoms with E-state index in [2.05, 4.69) is 20.3 Å². The zero-order valence-electron chi connectivity index (χ0n) is 17.8. The molecular formula is C22H19F3N4O5. The average Bonchev–Trinajstić information content (AvgIpc) is 3.40. The summed E-state index contributed by atoms with van der Waals surface area (Å²) in [5.74, 6) is -0.640. The van der Waals surface area contributed by atoms with Gasteiger partial charge in [0, 0.05) is 18.7 Å². The van der Waals surface area contributed by atoms with Gasteiger partial charge in [-0.05, 0) is 42.0 Å². The predicted octanol–water partition coefficient (Wildman–Crippen LogP) is 3.68. The molecule has 0 saturated carbocycles. The number of anilines is 2. The largest absolute Gasteiger partial charge is 0.573 e. The first-order valence-electron chi connectivity index (χ1n) is 10.1. The third kappa shape index (κ3) is 5.63. The van der Waals surface area contributed by atoms with Crippen molar-refractivity contribution in [2.45, 2.75) is 25.1 Å². The molecule has 0 spiro atoms. The molecule has 1 atom stereocenters. The number of hydrogen-bond donors (Lipinski definition) is 1. The van der Waals surface area contributed by atoms with Gasteiger partial charge in [0.05, 0.1) is 19.4 Å². The fourth-order valence-corrected chi connectivity index (χ4v) is 3.53. The van der Waals surface area contributed by atoms with E-state index in [4.69, 9.17) is 9.15 Å². The summed E-state index contributed by atoms with van der Waals surface area (Å²) in [7, 11) is 1.53. The topological polar surface area (TPSA) is 107 Å². The van der Waals surface area contributed by atoms with E-state index in [1.54, 1.807) is 24.3 Å². The highest BCUT2D eigenvalue weighted by molar-refractivity contribution is 5.96. The van der Waals surface area contributed by atoms with Crippen LogP contribution >= 0.6 is 0 Å². The normalized spacial score (nSPS) is 15.9. The molecule has 0 radical (unpaired) electrons. The van der Waals surface area contributed by atoms with Crippen molar-refractivity contribution in [3.63, 3.8) is 0 Å². The standard InChI is InChI=1S/C22H19F3N4O5/c1-32-17-4-2-3-13(9-17)10-18(30)26-21-28-27-20(33-21)14-11-19(31)29(12-14)15-5-7-16(8-6-15)34-22(23,24)25/h2-9,14H,10-12H2,1H3,(H,26,28,30). The number of carbonyl (C=O) groups is 2. The predicted molar refractivity (Wildman–Crippen MR) is 112 cm³/mol. The Kier molecular flexibility index (Phi) is 6.39. The molecule has 1 fully saturated rings. The Morgan fingerprint density at radius 1 is 1.18 bits per heavy atom. The van der Waals surface area contributed by atoms with Crippen LogP contribution in [0.4, 0.5) is 24.9 Å². The number of nitrogens with one attached hydrogen (secondary N) is 1. The van der Waals surface area contributed by atoms with Gasteiger partial charge in [0.25, 0.3) is 0 Å². The van der Waals surface area contributed by atoms with Crippen molar-refractivity contribution < 1.29 is 36.7 Å². The van der Waals surface area contributed by atoms with E-state index in [9.17, 15) is 22.8 Å². The van der Waals surface area contributed by atoms with Crippen molar-refractivity contribution in [2.24, 2.45) is 0 Å². The van der Waals surface area contributed by atoms with E-state index in [-0.39, 0.29) is 48.9 Å². The van der Waals surface area contributed by atoms with Gasteiger partial charge in [-0.15, -0.1) is 18.3 Å². The molecule has 3 aromatic rings. The molecule has 0 bridgehead atoms. The minimum atomic E-state index is -4.80. The number of benzene rings is 2. The summed E-state index contributed by atoms with van der Waals surface area (Å²) in [5.41, 5.74) is 1.15. The summed E-state index contributed by atoms with van der Waals surface area (Å²) < 4.78 is 51.5. The first-order chi connectivity index (χ1) is 16.2. The van der Waals surface area contributed by atoms with E-state index >= 15 is 0 Å². The molecule has 2 heterocycles. The van der Waals surface area contributed by atoms with E-state index in [1.165, 1.54) is 24.1 Å². The summed E-state index contributed by atoms with van der Waals surface area (Å²) in [6.07, 6.45) is -4.66. The maximum absolute atomic E-state index is 12.5. The van der Waals surface area contributed by atoms with Crippen LogP contribution < -0.4 is 19.7 Å². The van der Waals surface area contributed by atoms with Gasteiger partial charge in [-0.25, -0.2) is 0 Å². The summed E-state index contributed by atoms with van der Waals surface area (Å²) in [6.45, 7) is 0.192. The van der Waals surface area contributed by atoms with Gasteiger partial charge in [0.15, 0.2) is 0 Å². The number of rotatable bonds is 7. The van der Waals surface area contributed by atoms with Crippen LogP contribution in [0.5, 0.6) is 11.5 Å². The lowest BCUT2D eigenvalue weighted by Gasteiger charge is -2.17. The van der Waals surface area contributed by atoms with Crippen LogP contribution in [0.3, 0.4) is 0 Å². The number of aromatic nitrogens is 2. The molecule has 1 N–H and O–H groups in total. The van der Waals surface area contributed by atoms with E-state index in [1.807, 2.05) is 0 Å². The van der Waals surface area contributed by atoms with Gasteiger partial charge in [-0.2, -0.15) is 0 Å². The van der Waals surface area contributed by atoms with Gasteiger partial charge < -0.3 is 18.8 Å². The zero-order chi connectivity index (χ0) is 24.3. The van der Waals surface area contributed by atoms with Crippen LogP contribution in [-0.2, 0) is 16.0 Å². The molecule has 1 aliphatic heterocycles. The number of halogens is 3. The Hall–Kier alpha value is -4.09. The van der Waals surface area contributed by atoms with Gasteiger partial charge in [0.2, 0.25) is 17.7 Å². The van der Waals surface area contributed by atoms with Crippen molar-refractivity contribution in [1.29, 1.82) is 0 Å². The van der Waals surface area contributed by atoms with Crippen LogP contribution in [0.25, 0.3) is 0 Å². The minimum absolute atomic E-state index is 0.0681. The first-order valence-corrected chi connectivity index (χ1v) is 10.1. The second kappa shape index (κ2) is 9.41. The van der Waals surface area contributed by atoms with Crippen LogP contribution in [0, 0.1) is 0 Å². The molecule has 34 heavy (non-hydrogen) atoms. The quantitative estimate of drug-likeness (QED) is 0.554. The average molecular weight is 476 g/mol. The Balaban J connectivity index is 1.36. The lowest BCUT2D eigenvalue weighted by molar-refractivity contribution is -0.274. The second-order valence-electron chi connectivity index (χ2n) is 7.47. The third-order valence-corrected chi connectivity index (χ3v) is 5.04. The van der Waals surface area contributed by atoms with Crippen molar-refractivity contribution in [1.82, 2.24) is 10.2 Å². The molecule has 1 unspecified atom stereocenters. The van der Waals surface area contributed by atoms with Gasteiger partial charge in [-0.3, -0.25) is 14.9 Å². The van der Waals surface area contributed by atoms with Crippen molar-refractivity contribution in [2.75, 3.05) is 23.9 Å². The maximum atomic E-state index is 12.5. The van der Waals surface area contributed by atoms with E-state index in [0.29, 0.717) is 11.4 Å². The lowest BCUT2D eigenvalue weighted by atomic mass is 10.1. The lowest BCUT2D eigenvalue weighted by Crippen LogP contribution is -2.24. The molecule has 4 rings (SSSR count). The van der Waals surface area contributed by atoms with Crippen LogP contribution in [-0.4, -0.2) is 42.0 Å². The molecule has 1 saturated heterocycles. The van der Waals surface area contributed by atoms with Crippen molar-refractivity contribution in [3.8, 4) is 11.5 Å². The molecule has 2 amide bonds. The van der Waals surface area contributed by atoms with Crippen LogP contribution in [0.15, 0.2) is 52.9 Å². The fraction of sp³-hybridized carbons (Fsp3) is 0.273. The van der Waals surface area contributed by atoms with E-state index < -0.39 is 12.3 Å². The third-order valence-electron chi connectivity index (χ3n) is 5.04. The zero-order valence-corrected chi connectivity index (χ0v) is 17.8. The van der Waals surface area contributed by atoms with Crippen molar-refractivity contribution >= 4 is 23.5 Å². The summed E-state index contributed by atoms with van der Waals surface area (Å²) in [5, 5.41) is 10.3. The fourth-order valence-electron chi connectivity index (χ4n) is 3.53. The van der Waals surface area contributed by atoms with Gasteiger partial charge in [0.1, 0.15) is 11.5 Å². The number of alkyl halides is 3. The molecule has 9 nitrogen and oxygen atoms in total. The van der Waals surface area contributed by atoms with Crippen LogP contribution in [0.2, 0.25) is 0 Å². The maximum Gasteiger partial charge on any atom is 0.573 e. The number of carbonyl (C=O) groups excluding carboxylic acids is 2. The first kappa shape index (κ1) is 23.1. The molecule has 1 aliphatic rings. The SMILES string of the molecule is COc1cccc(CC(=O)Nc2nnc(C3CC(=O)N(c4ccc(OC(F)(F)F)cc4)C3)o2)c1. The Morgan fingerprint density at radius 2 is 1.94 bits per heavy atom. The van der Waals surface area contributed by atoms with Crippen LogP contribution in [0.1, 0.15) is 23.8 Å². The highest BCUT2D eigenvalue weighted by Crippen LogP contribution is 2.33. The van der Waals surface area contributed by atoms with Gasteiger partial charge >= 0.3 is 12.4 Å². The number of nitrogens with zero attached hydrogens (tertiary/aromatic N) is 3. The number of ether oxygens (including phenoxy) is 2. The smallest absolute Gasteiger partial charge is 0.497 e. The summed E-state index contributed by atoms with van der Waals surface area (Å²) in [4.78, 5) is 26.2. The number of amides is 2. The Bertz CT molecular complexity index is 1180. The molecular weight excluding hydrogens is 457 g/mol. The Labute approximate surface area is 191 Å². The highest BCUT2D eigenvalue weighted by atomic mass is 19.4. The van der Waals surface area contributed by atoms with E-state index in [0.717, 1.165) is 17.7 Å². The minimum Gasteiger partial charge on any atom is -0.497 e. The van der Waals surface area contributed by atoms with Crippen molar-refractivity contribution in [3.05, 3.63) is 60.0 Å². The second-order valence-corrected chi connectivity index (χ2v) is 7.47.